The lowest BCUT2D eigenvalue weighted by atomic mass is 10.1. The normalized spacial score (nSPS) is 20.4. The van der Waals surface area contributed by atoms with Crippen molar-refractivity contribution in [3.05, 3.63) is 24.3 Å². The van der Waals surface area contributed by atoms with Gasteiger partial charge in [-0.1, -0.05) is 6.07 Å². The van der Waals surface area contributed by atoms with Crippen LogP contribution in [0.15, 0.2) is 34.1 Å². The molecule has 1 heterocycles. The molecular weight excluding hydrogens is 348 g/mol. The Morgan fingerprint density at radius 3 is 2.41 bits per heavy atom. The van der Waals surface area contributed by atoms with Crippen LogP contribution in [0.25, 0.3) is 0 Å². The van der Waals surface area contributed by atoms with Crippen molar-refractivity contribution in [2.24, 2.45) is 0 Å². The van der Waals surface area contributed by atoms with Gasteiger partial charge in [-0.25, -0.2) is 16.8 Å². The van der Waals surface area contributed by atoms with E-state index < -0.39 is 19.9 Å². The molecule has 126 valence electrons. The van der Waals surface area contributed by atoms with Crippen LogP contribution < -0.4 is 5.32 Å². The number of likely N-dealkylation sites (N-methyl/N-ethyl adjacent to an activating group) is 1. The van der Waals surface area contributed by atoms with Crippen LogP contribution in [0.2, 0.25) is 0 Å². The molecule has 9 heteroatoms. The minimum atomic E-state index is -3.66. The molecule has 22 heavy (non-hydrogen) atoms. The van der Waals surface area contributed by atoms with Gasteiger partial charge >= 0.3 is 0 Å². The molecule has 0 saturated carbocycles. The number of sulfonamides is 1. The van der Waals surface area contributed by atoms with Crippen LogP contribution in [0.4, 0.5) is 0 Å². The standard InChI is InChI=1S/C13H20N2O4S2.ClH/c1-14-11-5-4-8-15(10-11)21(18,19)13-7-3-6-12(9-13)20(2,16)17;/h3,6-7,9,11,14H,4-5,8,10H2,1-2H3;1H. The van der Waals surface area contributed by atoms with Gasteiger partial charge in [-0.15, -0.1) is 12.4 Å². The fourth-order valence-corrected chi connectivity index (χ4v) is 4.72. The largest absolute Gasteiger partial charge is 0.316 e. The Morgan fingerprint density at radius 2 is 1.82 bits per heavy atom. The van der Waals surface area contributed by atoms with E-state index in [9.17, 15) is 16.8 Å². The molecule has 2 rings (SSSR count). The summed E-state index contributed by atoms with van der Waals surface area (Å²) in [4.78, 5) is 0.0490. The van der Waals surface area contributed by atoms with Crippen LogP contribution in [0.3, 0.4) is 0 Å². The molecule has 0 bridgehead atoms. The zero-order valence-electron chi connectivity index (χ0n) is 12.5. The quantitative estimate of drug-likeness (QED) is 0.853. The molecule has 6 nitrogen and oxygen atoms in total. The van der Waals surface area contributed by atoms with Gasteiger partial charge in [-0.05, 0) is 38.1 Å². The van der Waals surface area contributed by atoms with E-state index >= 15 is 0 Å². The number of hydrogen-bond donors (Lipinski definition) is 1. The van der Waals surface area contributed by atoms with E-state index in [1.807, 2.05) is 7.05 Å². The maximum absolute atomic E-state index is 12.6. The van der Waals surface area contributed by atoms with Crippen LogP contribution in [0, 0.1) is 0 Å². The molecule has 1 N–H and O–H groups in total. The van der Waals surface area contributed by atoms with Crippen molar-refractivity contribution >= 4 is 32.3 Å². The molecule has 1 unspecified atom stereocenters. The van der Waals surface area contributed by atoms with E-state index in [0.717, 1.165) is 19.1 Å². The molecule has 1 aliphatic rings. The molecule has 1 atom stereocenters. The Hall–Kier alpha value is -0.670. The van der Waals surface area contributed by atoms with Crippen molar-refractivity contribution in [2.45, 2.75) is 28.7 Å². The third-order valence-corrected chi connectivity index (χ3v) is 6.64. The van der Waals surface area contributed by atoms with Crippen LogP contribution in [-0.2, 0) is 19.9 Å². The number of benzene rings is 1. The highest BCUT2D eigenvalue weighted by Gasteiger charge is 2.30. The Labute approximate surface area is 138 Å². The molecule has 0 amide bonds. The fraction of sp³-hybridized carbons (Fsp3) is 0.538. The summed E-state index contributed by atoms with van der Waals surface area (Å²) < 4.78 is 49.8. The van der Waals surface area contributed by atoms with Gasteiger partial charge in [-0.2, -0.15) is 4.31 Å². The number of hydrogen-bond acceptors (Lipinski definition) is 5. The average molecular weight is 369 g/mol. The summed E-state index contributed by atoms with van der Waals surface area (Å²) in [6.07, 6.45) is 2.79. The molecule has 1 fully saturated rings. The van der Waals surface area contributed by atoms with Crippen molar-refractivity contribution in [2.75, 3.05) is 26.4 Å². The summed E-state index contributed by atoms with van der Waals surface area (Å²) in [5.41, 5.74) is 0. The smallest absolute Gasteiger partial charge is 0.243 e. The van der Waals surface area contributed by atoms with Gasteiger partial charge in [0.1, 0.15) is 0 Å². The van der Waals surface area contributed by atoms with Crippen LogP contribution >= 0.6 is 12.4 Å². The van der Waals surface area contributed by atoms with E-state index in [1.165, 1.54) is 28.6 Å². The van der Waals surface area contributed by atoms with Gasteiger partial charge in [0, 0.05) is 25.4 Å². The van der Waals surface area contributed by atoms with E-state index in [-0.39, 0.29) is 28.2 Å². The SMILES string of the molecule is CNC1CCCN(S(=O)(=O)c2cccc(S(C)(=O)=O)c2)C1.Cl. The van der Waals surface area contributed by atoms with E-state index in [4.69, 9.17) is 0 Å². The number of piperidine rings is 1. The first-order valence-corrected chi connectivity index (χ1v) is 10.1. The van der Waals surface area contributed by atoms with Crippen LogP contribution in [-0.4, -0.2) is 53.6 Å². The minimum absolute atomic E-state index is 0. The van der Waals surface area contributed by atoms with E-state index in [2.05, 4.69) is 5.32 Å². The highest BCUT2D eigenvalue weighted by atomic mass is 35.5. The van der Waals surface area contributed by atoms with Crippen LogP contribution in [0.1, 0.15) is 12.8 Å². The molecule has 1 aromatic rings. The van der Waals surface area contributed by atoms with Gasteiger partial charge in [0.05, 0.1) is 9.79 Å². The van der Waals surface area contributed by atoms with Crippen molar-refractivity contribution in [3.63, 3.8) is 0 Å². The molecule has 1 aromatic carbocycles. The number of sulfone groups is 1. The molecule has 1 saturated heterocycles. The van der Waals surface area contributed by atoms with Gasteiger partial charge in [0.15, 0.2) is 9.84 Å². The van der Waals surface area contributed by atoms with Crippen molar-refractivity contribution < 1.29 is 16.8 Å². The number of halogens is 1. The average Bonchev–Trinajstić information content (AvgIpc) is 2.46. The summed E-state index contributed by atoms with van der Waals surface area (Å²) in [6, 6.07) is 5.66. The molecular formula is C13H21ClN2O4S2. The maximum atomic E-state index is 12.6. The minimum Gasteiger partial charge on any atom is -0.316 e. The fourth-order valence-electron chi connectivity index (χ4n) is 2.41. The second kappa shape index (κ2) is 7.27. The number of nitrogens with zero attached hydrogens (tertiary/aromatic N) is 1. The van der Waals surface area contributed by atoms with Crippen LogP contribution in [0.5, 0.6) is 0 Å². The summed E-state index contributed by atoms with van der Waals surface area (Å²) in [5.74, 6) is 0. The first kappa shape index (κ1) is 19.4. The number of rotatable bonds is 4. The second-order valence-electron chi connectivity index (χ2n) is 5.24. The van der Waals surface area contributed by atoms with Gasteiger partial charge in [0.25, 0.3) is 0 Å². The topological polar surface area (TPSA) is 83.6 Å². The summed E-state index contributed by atoms with van der Waals surface area (Å²) in [5, 5.41) is 3.09. The summed E-state index contributed by atoms with van der Waals surface area (Å²) in [7, 11) is -5.28. The Kier molecular flexibility index (Phi) is 6.40. The van der Waals surface area contributed by atoms with Gasteiger partial charge < -0.3 is 5.32 Å². The van der Waals surface area contributed by atoms with E-state index in [1.54, 1.807) is 0 Å². The van der Waals surface area contributed by atoms with Crippen molar-refractivity contribution in [1.82, 2.24) is 9.62 Å². The predicted octanol–water partition coefficient (Wildman–Crippen LogP) is 0.884. The molecule has 0 spiro atoms. The molecule has 0 radical (unpaired) electrons. The Balaban J connectivity index is 0.00000242. The predicted molar refractivity (Wildman–Crippen MR) is 87.6 cm³/mol. The first-order valence-electron chi connectivity index (χ1n) is 6.72. The van der Waals surface area contributed by atoms with Gasteiger partial charge in [0.2, 0.25) is 10.0 Å². The summed E-state index contributed by atoms with van der Waals surface area (Å²) in [6.45, 7) is 0.867. The van der Waals surface area contributed by atoms with Crippen molar-refractivity contribution in [3.8, 4) is 0 Å². The molecule has 0 aromatic heterocycles. The molecule has 1 aliphatic heterocycles. The third kappa shape index (κ3) is 4.20. The van der Waals surface area contributed by atoms with Crippen molar-refractivity contribution in [1.29, 1.82) is 0 Å². The molecule has 0 aliphatic carbocycles. The maximum Gasteiger partial charge on any atom is 0.243 e. The Morgan fingerprint density at radius 1 is 1.18 bits per heavy atom. The highest BCUT2D eigenvalue weighted by molar-refractivity contribution is 7.91. The lowest BCUT2D eigenvalue weighted by molar-refractivity contribution is 0.293. The lowest BCUT2D eigenvalue weighted by Gasteiger charge is -2.31. The zero-order chi connectivity index (χ0) is 15.7. The number of nitrogens with one attached hydrogen (secondary N) is 1. The zero-order valence-corrected chi connectivity index (χ0v) is 15.0. The highest BCUT2D eigenvalue weighted by Crippen LogP contribution is 2.22. The monoisotopic (exact) mass is 368 g/mol. The summed E-state index contributed by atoms with van der Waals surface area (Å²) >= 11 is 0. The Bertz CT molecular complexity index is 719. The first-order chi connectivity index (χ1) is 9.75. The second-order valence-corrected chi connectivity index (χ2v) is 9.19. The van der Waals surface area contributed by atoms with E-state index in [0.29, 0.717) is 13.1 Å². The lowest BCUT2D eigenvalue weighted by Crippen LogP contribution is -2.46. The van der Waals surface area contributed by atoms with Gasteiger partial charge in [-0.3, -0.25) is 0 Å². The third-order valence-electron chi connectivity index (χ3n) is 3.66.